The number of allylic oxidation sites excluding steroid dienone is 1. The van der Waals surface area contributed by atoms with Gasteiger partial charge in [-0.1, -0.05) is 19.1 Å². The number of nitrogens with one attached hydrogen (secondary N) is 2. The molecule has 7 heteroatoms. The minimum Gasteiger partial charge on any atom is -0.497 e. The molecule has 130 valence electrons. The van der Waals surface area contributed by atoms with Gasteiger partial charge in [-0.15, -0.1) is 0 Å². The van der Waals surface area contributed by atoms with Crippen LogP contribution < -0.4 is 15.4 Å². The van der Waals surface area contributed by atoms with Crippen LogP contribution in [0, 0.1) is 0 Å². The standard InChI is InChI=1S/C17H22N2O4S/c1-4-24-10-9-23-16(20)14-11(2)18-17(21)19-15(14)12-5-7-13(22-3)8-6-12/h5-8,15H,4,9-10H2,1-3H3,(H2,18,19,21)/t15-/m0/s1. The number of ether oxygens (including phenoxy) is 2. The van der Waals surface area contributed by atoms with Crippen LogP contribution in [0.4, 0.5) is 4.79 Å². The van der Waals surface area contributed by atoms with E-state index in [1.807, 2.05) is 12.1 Å². The van der Waals surface area contributed by atoms with Gasteiger partial charge in [0.05, 0.1) is 18.7 Å². The fraction of sp³-hybridized carbons (Fsp3) is 0.412. The zero-order valence-corrected chi connectivity index (χ0v) is 14.9. The van der Waals surface area contributed by atoms with Crippen LogP contribution in [0.3, 0.4) is 0 Å². The third kappa shape index (κ3) is 4.44. The maximum Gasteiger partial charge on any atom is 0.338 e. The molecule has 0 bridgehead atoms. The summed E-state index contributed by atoms with van der Waals surface area (Å²) in [6.45, 7) is 4.10. The monoisotopic (exact) mass is 350 g/mol. The third-order valence-electron chi connectivity index (χ3n) is 3.60. The van der Waals surface area contributed by atoms with E-state index in [1.165, 1.54) is 0 Å². The van der Waals surface area contributed by atoms with Crippen LogP contribution in [-0.2, 0) is 9.53 Å². The molecule has 1 aromatic rings. The Kier molecular flexibility index (Phi) is 6.54. The lowest BCUT2D eigenvalue weighted by Crippen LogP contribution is -2.45. The van der Waals surface area contributed by atoms with Crippen molar-refractivity contribution < 1.29 is 19.1 Å². The highest BCUT2D eigenvalue weighted by Crippen LogP contribution is 2.28. The Hall–Kier alpha value is -2.15. The normalized spacial score (nSPS) is 17.1. The number of hydrogen-bond donors (Lipinski definition) is 2. The van der Waals surface area contributed by atoms with E-state index in [0.29, 0.717) is 23.6 Å². The van der Waals surface area contributed by atoms with Crippen molar-refractivity contribution in [3.63, 3.8) is 0 Å². The number of carbonyl (C=O) groups is 2. The molecule has 0 saturated heterocycles. The van der Waals surface area contributed by atoms with Gasteiger partial charge in [0.2, 0.25) is 0 Å². The molecule has 0 fully saturated rings. The number of carbonyl (C=O) groups excluding carboxylic acids is 2. The summed E-state index contributed by atoms with van der Waals surface area (Å²) in [7, 11) is 1.59. The Balaban J connectivity index is 2.21. The van der Waals surface area contributed by atoms with Crippen molar-refractivity contribution in [3.8, 4) is 5.75 Å². The van der Waals surface area contributed by atoms with Crippen LogP contribution in [0.2, 0.25) is 0 Å². The topological polar surface area (TPSA) is 76.7 Å². The molecule has 1 aromatic carbocycles. The number of benzene rings is 1. The molecule has 0 spiro atoms. The average molecular weight is 350 g/mol. The van der Waals surface area contributed by atoms with Crippen molar-refractivity contribution in [3.05, 3.63) is 41.1 Å². The van der Waals surface area contributed by atoms with E-state index in [4.69, 9.17) is 9.47 Å². The van der Waals surface area contributed by atoms with Gasteiger partial charge in [0.15, 0.2) is 0 Å². The highest BCUT2D eigenvalue weighted by Gasteiger charge is 2.32. The van der Waals surface area contributed by atoms with Crippen molar-refractivity contribution in [2.75, 3.05) is 25.2 Å². The average Bonchev–Trinajstić information content (AvgIpc) is 2.58. The molecule has 0 aromatic heterocycles. The molecule has 2 rings (SSSR count). The Morgan fingerprint density at radius 1 is 1.29 bits per heavy atom. The molecule has 0 aliphatic carbocycles. The van der Waals surface area contributed by atoms with E-state index in [9.17, 15) is 9.59 Å². The van der Waals surface area contributed by atoms with E-state index >= 15 is 0 Å². The van der Waals surface area contributed by atoms with Crippen LogP contribution >= 0.6 is 11.8 Å². The second-order valence-electron chi connectivity index (χ2n) is 5.18. The van der Waals surface area contributed by atoms with Gasteiger partial charge in [0.1, 0.15) is 12.4 Å². The minimum absolute atomic E-state index is 0.341. The summed E-state index contributed by atoms with van der Waals surface area (Å²) >= 11 is 1.71. The summed E-state index contributed by atoms with van der Waals surface area (Å²) in [5.41, 5.74) is 1.72. The molecule has 2 amide bonds. The number of thioether (sulfide) groups is 1. The van der Waals surface area contributed by atoms with E-state index < -0.39 is 12.0 Å². The Morgan fingerprint density at radius 2 is 2.00 bits per heavy atom. The van der Waals surface area contributed by atoms with Gasteiger partial charge in [0, 0.05) is 11.4 Å². The Bertz CT molecular complexity index is 628. The summed E-state index contributed by atoms with van der Waals surface area (Å²) in [6, 6.07) is 6.34. The molecule has 2 N–H and O–H groups in total. The van der Waals surface area contributed by atoms with Gasteiger partial charge in [-0.25, -0.2) is 9.59 Å². The SMILES string of the molecule is CCSCCOC(=O)C1=C(C)NC(=O)N[C@H]1c1ccc(OC)cc1. The van der Waals surface area contributed by atoms with Gasteiger partial charge < -0.3 is 20.1 Å². The lowest BCUT2D eigenvalue weighted by molar-refractivity contribution is -0.138. The van der Waals surface area contributed by atoms with Crippen LogP contribution in [0.1, 0.15) is 25.5 Å². The van der Waals surface area contributed by atoms with Crippen LogP contribution in [0.25, 0.3) is 0 Å². The largest absolute Gasteiger partial charge is 0.497 e. The van der Waals surface area contributed by atoms with Crippen LogP contribution in [-0.4, -0.2) is 37.2 Å². The predicted octanol–water partition coefficient (Wildman–Crippen LogP) is 2.62. The third-order valence-corrected chi connectivity index (χ3v) is 4.47. The smallest absolute Gasteiger partial charge is 0.338 e. The molecule has 0 radical (unpaired) electrons. The van der Waals surface area contributed by atoms with Gasteiger partial charge in [0.25, 0.3) is 0 Å². The maximum atomic E-state index is 12.5. The zero-order valence-electron chi connectivity index (χ0n) is 14.0. The molecule has 6 nitrogen and oxygen atoms in total. The first kappa shape index (κ1) is 18.2. The van der Waals surface area contributed by atoms with Gasteiger partial charge in [-0.3, -0.25) is 0 Å². The fourth-order valence-electron chi connectivity index (χ4n) is 2.43. The van der Waals surface area contributed by atoms with E-state index in [0.717, 1.165) is 17.1 Å². The molecule has 0 saturated carbocycles. The van der Waals surface area contributed by atoms with E-state index in [1.54, 1.807) is 37.9 Å². The van der Waals surface area contributed by atoms with Crippen LogP contribution in [0.5, 0.6) is 5.75 Å². The number of rotatable bonds is 7. The molecule has 0 unspecified atom stereocenters. The minimum atomic E-state index is -0.545. The Labute approximate surface area is 146 Å². The second-order valence-corrected chi connectivity index (χ2v) is 6.57. The number of esters is 1. The predicted molar refractivity (Wildman–Crippen MR) is 94.1 cm³/mol. The molecular weight excluding hydrogens is 328 g/mol. The summed E-state index contributed by atoms with van der Waals surface area (Å²) in [5, 5.41) is 5.41. The Morgan fingerprint density at radius 3 is 2.62 bits per heavy atom. The van der Waals surface area contributed by atoms with Gasteiger partial charge in [-0.2, -0.15) is 11.8 Å². The lowest BCUT2D eigenvalue weighted by Gasteiger charge is -2.28. The van der Waals surface area contributed by atoms with E-state index in [2.05, 4.69) is 17.6 Å². The molecule has 1 aliphatic heterocycles. The summed E-state index contributed by atoms with van der Waals surface area (Å²) in [6.07, 6.45) is 0. The molecule has 1 atom stereocenters. The summed E-state index contributed by atoms with van der Waals surface area (Å²) in [5.74, 6) is 2.02. The van der Waals surface area contributed by atoms with Crippen molar-refractivity contribution in [1.29, 1.82) is 0 Å². The van der Waals surface area contributed by atoms with Gasteiger partial charge >= 0.3 is 12.0 Å². The van der Waals surface area contributed by atoms with Crippen molar-refractivity contribution in [1.82, 2.24) is 10.6 Å². The first-order valence-corrected chi connectivity index (χ1v) is 8.89. The molecule has 1 heterocycles. The number of amides is 2. The molecule has 24 heavy (non-hydrogen) atoms. The highest BCUT2D eigenvalue weighted by atomic mass is 32.2. The first-order valence-electron chi connectivity index (χ1n) is 7.74. The molecular formula is C17H22N2O4S. The zero-order chi connectivity index (χ0) is 17.5. The van der Waals surface area contributed by atoms with Crippen molar-refractivity contribution in [2.24, 2.45) is 0 Å². The van der Waals surface area contributed by atoms with Crippen LogP contribution in [0.15, 0.2) is 35.5 Å². The second kappa shape index (κ2) is 8.63. The molecule has 1 aliphatic rings. The van der Waals surface area contributed by atoms with Gasteiger partial charge in [-0.05, 0) is 30.4 Å². The quantitative estimate of drug-likeness (QED) is 0.584. The van der Waals surface area contributed by atoms with E-state index in [-0.39, 0.29) is 6.03 Å². The number of urea groups is 1. The highest BCUT2D eigenvalue weighted by molar-refractivity contribution is 7.99. The number of methoxy groups -OCH3 is 1. The lowest BCUT2D eigenvalue weighted by atomic mass is 9.95. The van der Waals surface area contributed by atoms with Crippen molar-refractivity contribution >= 4 is 23.8 Å². The number of hydrogen-bond acceptors (Lipinski definition) is 5. The first-order chi connectivity index (χ1) is 11.6. The summed E-state index contributed by atoms with van der Waals surface area (Å²) in [4.78, 5) is 24.3. The van der Waals surface area contributed by atoms with Crippen molar-refractivity contribution in [2.45, 2.75) is 19.9 Å². The fourth-order valence-corrected chi connectivity index (χ4v) is 2.92. The summed E-state index contributed by atoms with van der Waals surface area (Å²) < 4.78 is 10.5. The maximum absolute atomic E-state index is 12.5.